The molecule has 6 heteroatoms. The van der Waals surface area contributed by atoms with Crippen molar-refractivity contribution in [3.63, 3.8) is 0 Å². The van der Waals surface area contributed by atoms with Gasteiger partial charge in [0.25, 0.3) is 0 Å². The number of anilines is 1. The lowest BCUT2D eigenvalue weighted by molar-refractivity contribution is -0.160. The molecule has 1 atom stereocenters. The zero-order chi connectivity index (χ0) is 20.9. The summed E-state index contributed by atoms with van der Waals surface area (Å²) in [6, 6.07) is 4.95. The first-order valence-electron chi connectivity index (χ1n) is 11.4. The summed E-state index contributed by atoms with van der Waals surface area (Å²) < 4.78 is 10.7. The van der Waals surface area contributed by atoms with Crippen LogP contribution < -0.4 is 14.8 Å². The van der Waals surface area contributed by atoms with Crippen molar-refractivity contribution in [2.45, 2.75) is 57.4 Å². The molecule has 1 aromatic rings. The third-order valence-corrected chi connectivity index (χ3v) is 7.97. The molecule has 0 aromatic heterocycles. The Hall–Kier alpha value is -2.24. The van der Waals surface area contributed by atoms with Crippen molar-refractivity contribution >= 4 is 17.5 Å². The Kier molecular flexibility index (Phi) is 4.91. The Morgan fingerprint density at radius 1 is 1.03 bits per heavy atom. The zero-order valence-corrected chi connectivity index (χ0v) is 18.0. The Morgan fingerprint density at radius 3 is 2.30 bits per heavy atom. The number of carbonyl (C=O) groups excluding carboxylic acids is 2. The van der Waals surface area contributed by atoms with Gasteiger partial charge in [0, 0.05) is 12.6 Å². The molecule has 6 rings (SSSR count). The number of likely N-dealkylation sites (tertiary alicyclic amines) is 1. The number of nitrogens with zero attached hydrogens (tertiary/aromatic N) is 1. The lowest BCUT2D eigenvalue weighted by Gasteiger charge is -2.56. The van der Waals surface area contributed by atoms with E-state index in [0.29, 0.717) is 23.7 Å². The fourth-order valence-corrected chi connectivity index (χ4v) is 7.08. The van der Waals surface area contributed by atoms with Gasteiger partial charge in [-0.3, -0.25) is 9.59 Å². The number of ether oxygens (including phenoxy) is 2. The topological polar surface area (TPSA) is 67.9 Å². The highest BCUT2D eigenvalue weighted by atomic mass is 16.5. The van der Waals surface area contributed by atoms with Crippen LogP contribution in [0.3, 0.4) is 0 Å². The number of benzene rings is 1. The Labute approximate surface area is 178 Å². The van der Waals surface area contributed by atoms with Crippen LogP contribution in [-0.4, -0.2) is 43.5 Å². The second kappa shape index (κ2) is 7.47. The van der Waals surface area contributed by atoms with Crippen molar-refractivity contribution in [3.8, 4) is 11.5 Å². The molecular weight excluding hydrogens is 380 g/mol. The van der Waals surface area contributed by atoms with Crippen LogP contribution in [0.15, 0.2) is 18.2 Å². The van der Waals surface area contributed by atoms with Crippen LogP contribution >= 0.6 is 0 Å². The van der Waals surface area contributed by atoms with E-state index in [4.69, 9.17) is 9.47 Å². The van der Waals surface area contributed by atoms with Gasteiger partial charge in [0.2, 0.25) is 11.8 Å². The van der Waals surface area contributed by atoms with E-state index in [1.807, 2.05) is 4.90 Å². The highest BCUT2D eigenvalue weighted by Crippen LogP contribution is 2.60. The van der Waals surface area contributed by atoms with E-state index >= 15 is 0 Å². The van der Waals surface area contributed by atoms with Gasteiger partial charge in [0.15, 0.2) is 0 Å². The number of carbonyl (C=O) groups is 2. The fourth-order valence-electron chi connectivity index (χ4n) is 7.08. The molecule has 1 N–H and O–H groups in total. The van der Waals surface area contributed by atoms with E-state index in [9.17, 15) is 9.59 Å². The summed E-state index contributed by atoms with van der Waals surface area (Å²) in [4.78, 5) is 28.9. The lowest BCUT2D eigenvalue weighted by Crippen LogP contribution is -2.56. The van der Waals surface area contributed by atoms with E-state index in [1.165, 1.54) is 19.3 Å². The van der Waals surface area contributed by atoms with Gasteiger partial charge in [-0.25, -0.2) is 0 Å². The second-order valence-electron chi connectivity index (χ2n) is 9.91. The molecule has 1 aromatic carbocycles. The Morgan fingerprint density at radius 2 is 1.70 bits per heavy atom. The monoisotopic (exact) mass is 412 g/mol. The molecule has 162 valence electrons. The molecule has 1 unspecified atom stereocenters. The quantitative estimate of drug-likeness (QED) is 0.798. The SMILES string of the molecule is COc1ccc(NC(=O)C2CCCN2C(=O)C23CC4CC(CC(C4)C2)C3)c(OC)c1. The fraction of sp³-hybridized carbons (Fsp3) is 0.667. The highest BCUT2D eigenvalue weighted by Gasteiger charge is 2.56. The van der Waals surface area contributed by atoms with Gasteiger partial charge in [0.05, 0.1) is 25.3 Å². The molecule has 2 amide bonds. The van der Waals surface area contributed by atoms with Crippen molar-refractivity contribution in [3.05, 3.63) is 18.2 Å². The Bertz CT molecular complexity index is 816. The largest absolute Gasteiger partial charge is 0.497 e. The third kappa shape index (κ3) is 3.25. The predicted molar refractivity (Wildman–Crippen MR) is 114 cm³/mol. The van der Waals surface area contributed by atoms with Gasteiger partial charge in [-0.15, -0.1) is 0 Å². The van der Waals surface area contributed by atoms with Gasteiger partial charge >= 0.3 is 0 Å². The van der Waals surface area contributed by atoms with Crippen LogP contribution in [0.25, 0.3) is 0 Å². The molecule has 4 aliphatic carbocycles. The molecule has 4 bridgehead atoms. The lowest BCUT2D eigenvalue weighted by atomic mass is 9.49. The third-order valence-electron chi connectivity index (χ3n) is 7.97. The summed E-state index contributed by atoms with van der Waals surface area (Å²) in [5, 5.41) is 3.00. The van der Waals surface area contributed by atoms with Crippen molar-refractivity contribution in [2.75, 3.05) is 26.1 Å². The molecule has 1 saturated heterocycles. The molecule has 30 heavy (non-hydrogen) atoms. The van der Waals surface area contributed by atoms with E-state index in [-0.39, 0.29) is 17.2 Å². The molecule has 5 aliphatic rings. The summed E-state index contributed by atoms with van der Waals surface area (Å²) >= 11 is 0. The van der Waals surface area contributed by atoms with E-state index in [2.05, 4.69) is 5.32 Å². The Balaban J connectivity index is 1.33. The maximum atomic E-state index is 13.8. The summed E-state index contributed by atoms with van der Waals surface area (Å²) in [5.74, 6) is 3.52. The molecule has 1 aliphatic heterocycles. The summed E-state index contributed by atoms with van der Waals surface area (Å²) in [6.45, 7) is 0.693. The van der Waals surface area contributed by atoms with Gasteiger partial charge in [-0.1, -0.05) is 0 Å². The van der Waals surface area contributed by atoms with Crippen LogP contribution in [0, 0.1) is 23.2 Å². The molecule has 6 nitrogen and oxygen atoms in total. The average Bonchev–Trinajstić information content (AvgIpc) is 3.22. The minimum absolute atomic E-state index is 0.117. The second-order valence-corrected chi connectivity index (χ2v) is 9.91. The molecule has 0 radical (unpaired) electrons. The maximum Gasteiger partial charge on any atom is 0.247 e. The van der Waals surface area contributed by atoms with Gasteiger partial charge in [0.1, 0.15) is 17.5 Å². The van der Waals surface area contributed by atoms with Gasteiger partial charge < -0.3 is 19.7 Å². The van der Waals surface area contributed by atoms with E-state index in [1.54, 1.807) is 32.4 Å². The first kappa shape index (κ1) is 19.7. The molecule has 4 saturated carbocycles. The summed E-state index contributed by atoms with van der Waals surface area (Å²) in [7, 11) is 3.17. The average molecular weight is 413 g/mol. The number of hydrogen-bond donors (Lipinski definition) is 1. The summed E-state index contributed by atoms with van der Waals surface area (Å²) in [6.07, 6.45) is 8.66. The molecule has 5 fully saturated rings. The highest BCUT2D eigenvalue weighted by molar-refractivity contribution is 5.99. The van der Waals surface area contributed by atoms with Crippen LogP contribution in [0.5, 0.6) is 11.5 Å². The number of hydrogen-bond acceptors (Lipinski definition) is 4. The zero-order valence-electron chi connectivity index (χ0n) is 18.0. The summed E-state index contributed by atoms with van der Waals surface area (Å²) in [5.41, 5.74) is 0.410. The normalized spacial score (nSPS) is 34.1. The van der Waals surface area contributed by atoms with Crippen molar-refractivity contribution < 1.29 is 19.1 Å². The first-order valence-corrected chi connectivity index (χ1v) is 11.4. The van der Waals surface area contributed by atoms with Crippen molar-refractivity contribution in [1.29, 1.82) is 0 Å². The van der Waals surface area contributed by atoms with Gasteiger partial charge in [-0.05, 0) is 81.3 Å². The molecular formula is C24H32N2O4. The number of rotatable bonds is 5. The van der Waals surface area contributed by atoms with Crippen LogP contribution in [-0.2, 0) is 9.59 Å². The van der Waals surface area contributed by atoms with Crippen molar-refractivity contribution in [1.82, 2.24) is 4.90 Å². The predicted octanol–water partition coefficient (Wildman–Crippen LogP) is 3.85. The standard InChI is InChI=1S/C24H32N2O4/c1-29-18-5-6-19(21(11-18)30-2)25-22(27)20-4-3-7-26(20)23(28)24-12-15-8-16(13-24)10-17(9-15)14-24/h5-6,11,15-17,20H,3-4,7-10,12-14H2,1-2H3,(H,25,27). The first-order chi connectivity index (χ1) is 14.5. The number of amides is 2. The number of methoxy groups -OCH3 is 2. The van der Waals surface area contributed by atoms with Crippen molar-refractivity contribution in [2.24, 2.45) is 23.2 Å². The van der Waals surface area contributed by atoms with Crippen LogP contribution in [0.4, 0.5) is 5.69 Å². The molecule has 0 spiro atoms. The van der Waals surface area contributed by atoms with E-state index in [0.717, 1.165) is 49.9 Å². The smallest absolute Gasteiger partial charge is 0.247 e. The minimum atomic E-state index is -0.391. The minimum Gasteiger partial charge on any atom is -0.497 e. The van der Waals surface area contributed by atoms with Crippen LogP contribution in [0.2, 0.25) is 0 Å². The van der Waals surface area contributed by atoms with Crippen LogP contribution in [0.1, 0.15) is 51.4 Å². The van der Waals surface area contributed by atoms with E-state index < -0.39 is 6.04 Å². The molecule has 1 heterocycles. The number of nitrogens with one attached hydrogen (secondary N) is 1. The van der Waals surface area contributed by atoms with Gasteiger partial charge in [-0.2, -0.15) is 0 Å². The maximum absolute atomic E-state index is 13.8.